The van der Waals surface area contributed by atoms with E-state index in [0.29, 0.717) is 17.0 Å². The molecule has 0 fully saturated rings. The molecule has 1 atom stereocenters. The lowest BCUT2D eigenvalue weighted by molar-refractivity contribution is 0.0937. The molecule has 1 aromatic heterocycles. The predicted molar refractivity (Wildman–Crippen MR) is 84.1 cm³/mol. The van der Waals surface area contributed by atoms with Gasteiger partial charge in [0.25, 0.3) is 5.91 Å². The zero-order valence-electron chi connectivity index (χ0n) is 13.6. The molecule has 1 aromatic carbocycles. The minimum absolute atomic E-state index is 0.113. The Morgan fingerprint density at radius 3 is 2.59 bits per heavy atom. The Labute approximate surface area is 130 Å². The van der Waals surface area contributed by atoms with Crippen LogP contribution in [0.25, 0.3) is 0 Å². The summed E-state index contributed by atoms with van der Waals surface area (Å²) in [6, 6.07) is 7.60. The lowest BCUT2D eigenvalue weighted by atomic mass is 10.1. The third-order valence-corrected chi connectivity index (χ3v) is 3.34. The van der Waals surface area contributed by atoms with E-state index in [1.54, 1.807) is 13.8 Å². The number of ether oxygens (including phenoxy) is 1. The number of hydrogen-bond acceptors (Lipinski definition) is 4. The van der Waals surface area contributed by atoms with E-state index in [4.69, 9.17) is 9.26 Å². The van der Waals surface area contributed by atoms with Gasteiger partial charge in [0, 0.05) is 0 Å². The van der Waals surface area contributed by atoms with Gasteiger partial charge in [-0.2, -0.15) is 0 Å². The van der Waals surface area contributed by atoms with Crippen molar-refractivity contribution >= 4 is 5.91 Å². The lowest BCUT2D eigenvalue weighted by Gasteiger charge is -2.16. The Morgan fingerprint density at radius 2 is 2.00 bits per heavy atom. The molecule has 2 aromatic rings. The molecule has 0 aliphatic rings. The van der Waals surface area contributed by atoms with Gasteiger partial charge in [-0.15, -0.1) is 0 Å². The van der Waals surface area contributed by atoms with E-state index in [9.17, 15) is 4.79 Å². The molecule has 0 bridgehead atoms. The summed E-state index contributed by atoms with van der Waals surface area (Å²) in [5.74, 6) is 1.14. The average Bonchev–Trinajstić information content (AvgIpc) is 2.77. The predicted octanol–water partition coefficient (Wildman–Crippen LogP) is 3.57. The smallest absolute Gasteiger partial charge is 0.257 e. The van der Waals surface area contributed by atoms with Crippen molar-refractivity contribution < 1.29 is 14.1 Å². The molecule has 0 saturated heterocycles. The molecular formula is C17H22N2O3. The maximum Gasteiger partial charge on any atom is 0.257 e. The van der Waals surface area contributed by atoms with Crippen molar-refractivity contribution in [2.75, 3.05) is 0 Å². The minimum Gasteiger partial charge on any atom is -0.491 e. The van der Waals surface area contributed by atoms with Gasteiger partial charge in [-0.05, 0) is 52.3 Å². The SMILES string of the molecule is Cc1noc(C)c1C(=O)N[C@@H](C)c1cccc(OC(C)C)c1. The van der Waals surface area contributed by atoms with Gasteiger partial charge in [0.05, 0.1) is 17.8 Å². The zero-order chi connectivity index (χ0) is 16.3. The second-order valence-corrected chi connectivity index (χ2v) is 5.63. The molecule has 0 radical (unpaired) electrons. The first-order valence-corrected chi connectivity index (χ1v) is 7.39. The molecule has 0 spiro atoms. The molecular weight excluding hydrogens is 280 g/mol. The van der Waals surface area contributed by atoms with Crippen LogP contribution in [0.3, 0.4) is 0 Å². The van der Waals surface area contributed by atoms with Crippen LogP contribution < -0.4 is 10.1 Å². The van der Waals surface area contributed by atoms with Gasteiger partial charge < -0.3 is 14.6 Å². The van der Waals surface area contributed by atoms with Crippen LogP contribution in [-0.2, 0) is 0 Å². The van der Waals surface area contributed by atoms with Crippen molar-refractivity contribution in [3.63, 3.8) is 0 Å². The maximum absolute atomic E-state index is 12.4. The van der Waals surface area contributed by atoms with Crippen LogP contribution in [0.1, 0.15) is 54.2 Å². The summed E-state index contributed by atoms with van der Waals surface area (Å²) in [4.78, 5) is 12.4. The monoisotopic (exact) mass is 302 g/mol. The van der Waals surface area contributed by atoms with Crippen molar-refractivity contribution in [1.82, 2.24) is 10.5 Å². The first-order chi connectivity index (χ1) is 10.4. The summed E-state index contributed by atoms with van der Waals surface area (Å²) >= 11 is 0. The number of aromatic nitrogens is 1. The molecule has 0 aliphatic heterocycles. The highest BCUT2D eigenvalue weighted by molar-refractivity contribution is 5.96. The first kappa shape index (κ1) is 16.1. The fourth-order valence-corrected chi connectivity index (χ4v) is 2.29. The van der Waals surface area contributed by atoms with Crippen LogP contribution in [0.2, 0.25) is 0 Å². The number of benzene rings is 1. The first-order valence-electron chi connectivity index (χ1n) is 7.39. The minimum atomic E-state index is -0.182. The summed E-state index contributed by atoms with van der Waals surface area (Å²) < 4.78 is 10.7. The van der Waals surface area contributed by atoms with Gasteiger partial charge in [-0.25, -0.2) is 0 Å². The average molecular weight is 302 g/mol. The Kier molecular flexibility index (Phi) is 4.85. The number of aryl methyl sites for hydroxylation is 2. The molecule has 1 heterocycles. The molecule has 5 nitrogen and oxygen atoms in total. The maximum atomic E-state index is 12.4. The molecule has 0 unspecified atom stereocenters. The normalized spacial score (nSPS) is 12.3. The van der Waals surface area contributed by atoms with E-state index in [1.165, 1.54) is 0 Å². The summed E-state index contributed by atoms with van der Waals surface area (Å²) in [6.45, 7) is 9.39. The number of carbonyl (C=O) groups excluding carboxylic acids is 1. The molecule has 2 rings (SSSR count). The summed E-state index contributed by atoms with van der Waals surface area (Å²) in [5, 5.41) is 6.77. The summed E-state index contributed by atoms with van der Waals surface area (Å²) in [7, 11) is 0. The fraction of sp³-hybridized carbons (Fsp3) is 0.412. The van der Waals surface area contributed by atoms with Gasteiger partial charge in [0.15, 0.2) is 0 Å². The van der Waals surface area contributed by atoms with Crippen molar-refractivity contribution in [3.8, 4) is 5.75 Å². The summed E-state index contributed by atoms with van der Waals surface area (Å²) in [5.41, 5.74) is 2.08. The second-order valence-electron chi connectivity index (χ2n) is 5.63. The van der Waals surface area contributed by atoms with Crippen LogP contribution in [0, 0.1) is 13.8 Å². The van der Waals surface area contributed by atoms with Gasteiger partial charge in [0.1, 0.15) is 17.1 Å². The Morgan fingerprint density at radius 1 is 1.27 bits per heavy atom. The van der Waals surface area contributed by atoms with E-state index in [1.807, 2.05) is 45.0 Å². The molecule has 1 N–H and O–H groups in total. The molecule has 0 saturated carbocycles. The topological polar surface area (TPSA) is 64.4 Å². The Balaban J connectivity index is 2.12. The lowest BCUT2D eigenvalue weighted by Crippen LogP contribution is -2.27. The number of nitrogens with zero attached hydrogens (tertiary/aromatic N) is 1. The second kappa shape index (κ2) is 6.64. The number of rotatable bonds is 5. The van der Waals surface area contributed by atoms with Gasteiger partial charge >= 0.3 is 0 Å². The third kappa shape index (κ3) is 3.67. The molecule has 22 heavy (non-hydrogen) atoms. The van der Waals surface area contributed by atoms with Gasteiger partial charge in [0.2, 0.25) is 0 Å². The largest absolute Gasteiger partial charge is 0.491 e. The van der Waals surface area contributed by atoms with Gasteiger partial charge in [-0.3, -0.25) is 4.79 Å². The fourth-order valence-electron chi connectivity index (χ4n) is 2.29. The number of amides is 1. The molecule has 118 valence electrons. The van der Waals surface area contributed by atoms with Crippen LogP contribution >= 0.6 is 0 Å². The Hall–Kier alpha value is -2.30. The Bertz CT molecular complexity index is 642. The number of nitrogens with one attached hydrogen (secondary N) is 1. The van der Waals surface area contributed by atoms with E-state index >= 15 is 0 Å². The van der Waals surface area contributed by atoms with Crippen molar-refractivity contribution in [3.05, 3.63) is 46.8 Å². The number of hydrogen-bond donors (Lipinski definition) is 1. The third-order valence-electron chi connectivity index (χ3n) is 3.34. The molecule has 1 amide bonds. The van der Waals surface area contributed by atoms with Crippen LogP contribution in [0.5, 0.6) is 5.75 Å². The molecule has 0 aliphatic carbocycles. The highest BCUT2D eigenvalue weighted by Crippen LogP contribution is 2.21. The van der Waals surface area contributed by atoms with Crippen LogP contribution in [0.4, 0.5) is 0 Å². The van der Waals surface area contributed by atoms with Crippen molar-refractivity contribution in [2.45, 2.75) is 46.8 Å². The van der Waals surface area contributed by atoms with Gasteiger partial charge in [-0.1, -0.05) is 17.3 Å². The van der Waals surface area contributed by atoms with E-state index in [2.05, 4.69) is 10.5 Å². The quantitative estimate of drug-likeness (QED) is 0.917. The molecule has 5 heteroatoms. The highest BCUT2D eigenvalue weighted by Gasteiger charge is 2.19. The van der Waals surface area contributed by atoms with E-state index in [0.717, 1.165) is 11.3 Å². The summed E-state index contributed by atoms with van der Waals surface area (Å²) in [6.07, 6.45) is 0.113. The highest BCUT2D eigenvalue weighted by atomic mass is 16.5. The van der Waals surface area contributed by atoms with Crippen LogP contribution in [-0.4, -0.2) is 17.2 Å². The van der Waals surface area contributed by atoms with Crippen molar-refractivity contribution in [2.24, 2.45) is 0 Å². The number of carbonyl (C=O) groups is 1. The standard InChI is InChI=1S/C17H22N2O3/c1-10(2)21-15-8-6-7-14(9-15)11(3)18-17(20)16-12(4)19-22-13(16)5/h6-11H,1-5H3,(H,18,20)/t11-/m0/s1. The zero-order valence-corrected chi connectivity index (χ0v) is 13.6. The van der Waals surface area contributed by atoms with E-state index < -0.39 is 0 Å². The van der Waals surface area contributed by atoms with Crippen molar-refractivity contribution in [1.29, 1.82) is 0 Å². The van der Waals surface area contributed by atoms with E-state index in [-0.39, 0.29) is 18.1 Å². The van der Waals surface area contributed by atoms with Crippen LogP contribution in [0.15, 0.2) is 28.8 Å².